The Bertz CT molecular complexity index is 696. The Balaban J connectivity index is 1.87. The van der Waals surface area contributed by atoms with Gasteiger partial charge in [0.2, 0.25) is 5.91 Å². The molecule has 0 aliphatic rings. The summed E-state index contributed by atoms with van der Waals surface area (Å²) in [5.74, 6) is 0.636. The van der Waals surface area contributed by atoms with Crippen LogP contribution in [0.25, 0.3) is 10.1 Å². The minimum absolute atomic E-state index is 0.0282. The van der Waals surface area contributed by atoms with E-state index in [-0.39, 0.29) is 12.5 Å². The van der Waals surface area contributed by atoms with Gasteiger partial charge in [-0.1, -0.05) is 25.1 Å². The molecular formula is C19H28N4O2S. The van der Waals surface area contributed by atoms with E-state index in [0.717, 1.165) is 21.4 Å². The second-order valence-corrected chi connectivity index (χ2v) is 7.06. The molecule has 0 fully saturated rings. The summed E-state index contributed by atoms with van der Waals surface area (Å²) in [6.45, 7) is 6.19. The molecule has 6 nitrogen and oxygen atoms in total. The molecule has 0 radical (unpaired) electrons. The second kappa shape index (κ2) is 10.8. The normalized spacial score (nSPS) is 12.8. The Labute approximate surface area is 158 Å². The topological polar surface area (TPSA) is 85.8 Å². The summed E-state index contributed by atoms with van der Waals surface area (Å²) < 4.78 is 1.16. The van der Waals surface area contributed by atoms with Crippen LogP contribution < -0.4 is 16.0 Å². The molecule has 2 rings (SSSR count). The lowest BCUT2D eigenvalue weighted by atomic mass is 10.2. The van der Waals surface area contributed by atoms with Gasteiger partial charge in [0.25, 0.3) is 0 Å². The highest BCUT2D eigenvalue weighted by Gasteiger charge is 2.11. The molecule has 1 atom stereocenters. The predicted molar refractivity (Wildman–Crippen MR) is 109 cm³/mol. The molecule has 1 aromatic heterocycles. The first-order valence-electron chi connectivity index (χ1n) is 9.09. The van der Waals surface area contributed by atoms with E-state index in [1.807, 2.05) is 38.1 Å². The molecule has 0 aliphatic carbocycles. The SMILES string of the molecule is CCCNC(=O)CCNC(=NCC(O)c1cc2ccccc2s1)NCC. The van der Waals surface area contributed by atoms with Gasteiger partial charge in [0, 0.05) is 35.6 Å². The second-order valence-electron chi connectivity index (χ2n) is 5.95. The Kier molecular flexibility index (Phi) is 8.37. The number of aliphatic hydroxyl groups excluding tert-OH is 1. The van der Waals surface area contributed by atoms with Gasteiger partial charge in [-0.2, -0.15) is 0 Å². The van der Waals surface area contributed by atoms with E-state index in [1.54, 1.807) is 11.3 Å². The molecule has 7 heteroatoms. The summed E-state index contributed by atoms with van der Waals surface area (Å²) in [6.07, 6.45) is 0.679. The molecule has 1 heterocycles. The number of hydrogen-bond donors (Lipinski definition) is 4. The van der Waals surface area contributed by atoms with E-state index in [4.69, 9.17) is 0 Å². The van der Waals surface area contributed by atoms with Gasteiger partial charge < -0.3 is 21.1 Å². The Morgan fingerprint density at radius 3 is 2.73 bits per heavy atom. The van der Waals surface area contributed by atoms with Gasteiger partial charge in [-0.15, -0.1) is 11.3 Å². The average molecular weight is 377 g/mol. The van der Waals surface area contributed by atoms with Crippen molar-refractivity contribution in [3.05, 3.63) is 35.2 Å². The number of hydrogen-bond acceptors (Lipinski definition) is 4. The first-order valence-corrected chi connectivity index (χ1v) is 9.91. The average Bonchev–Trinajstić information content (AvgIpc) is 3.08. The van der Waals surface area contributed by atoms with Crippen LogP contribution >= 0.6 is 11.3 Å². The van der Waals surface area contributed by atoms with Gasteiger partial charge in [-0.3, -0.25) is 9.79 Å². The van der Waals surface area contributed by atoms with Crippen molar-refractivity contribution < 1.29 is 9.90 Å². The summed E-state index contributed by atoms with van der Waals surface area (Å²) in [5.41, 5.74) is 0. The third kappa shape index (κ3) is 6.31. The van der Waals surface area contributed by atoms with Gasteiger partial charge in [-0.25, -0.2) is 0 Å². The Hall–Kier alpha value is -2.12. The molecule has 0 saturated carbocycles. The van der Waals surface area contributed by atoms with E-state index in [9.17, 15) is 9.90 Å². The summed E-state index contributed by atoms with van der Waals surface area (Å²) in [6, 6.07) is 10.1. The highest BCUT2D eigenvalue weighted by molar-refractivity contribution is 7.19. The number of carbonyl (C=O) groups is 1. The van der Waals surface area contributed by atoms with Crippen LogP contribution in [0.4, 0.5) is 0 Å². The van der Waals surface area contributed by atoms with Crippen LogP contribution in [0.15, 0.2) is 35.3 Å². The number of amides is 1. The maximum atomic E-state index is 11.6. The largest absolute Gasteiger partial charge is 0.386 e. The maximum Gasteiger partial charge on any atom is 0.221 e. The van der Waals surface area contributed by atoms with Gasteiger partial charge in [0.1, 0.15) is 6.10 Å². The van der Waals surface area contributed by atoms with Gasteiger partial charge in [0.05, 0.1) is 6.54 Å². The molecule has 0 spiro atoms. The Morgan fingerprint density at radius 2 is 2.00 bits per heavy atom. The number of fused-ring (bicyclic) bond motifs is 1. The number of benzene rings is 1. The highest BCUT2D eigenvalue weighted by Crippen LogP contribution is 2.29. The third-order valence-corrected chi connectivity index (χ3v) is 4.97. The van der Waals surface area contributed by atoms with Gasteiger partial charge in [0.15, 0.2) is 5.96 Å². The number of thiophene rings is 1. The van der Waals surface area contributed by atoms with Crippen molar-refractivity contribution in [1.29, 1.82) is 0 Å². The quantitative estimate of drug-likeness (QED) is 0.400. The minimum atomic E-state index is -0.643. The van der Waals surface area contributed by atoms with E-state index in [0.29, 0.717) is 32.0 Å². The predicted octanol–water partition coefficient (Wildman–Crippen LogP) is 2.41. The zero-order valence-electron chi connectivity index (χ0n) is 15.4. The van der Waals surface area contributed by atoms with Crippen LogP contribution in [-0.2, 0) is 4.79 Å². The molecule has 1 unspecified atom stereocenters. The van der Waals surface area contributed by atoms with E-state index >= 15 is 0 Å². The Morgan fingerprint density at radius 1 is 1.19 bits per heavy atom. The standard InChI is InChI=1S/C19H28N4O2S/c1-3-10-21-18(25)9-11-22-19(20-4-2)23-13-15(24)17-12-14-7-5-6-8-16(14)26-17/h5-8,12,15,24H,3-4,9-11,13H2,1-2H3,(H,21,25)(H2,20,22,23). The molecule has 0 saturated heterocycles. The van der Waals surface area contributed by atoms with Gasteiger partial charge >= 0.3 is 0 Å². The molecule has 0 aliphatic heterocycles. The molecule has 1 amide bonds. The lowest BCUT2D eigenvalue weighted by molar-refractivity contribution is -0.120. The molecule has 142 valence electrons. The zero-order chi connectivity index (χ0) is 18.8. The fourth-order valence-electron chi connectivity index (χ4n) is 2.42. The molecule has 1 aromatic carbocycles. The van der Waals surface area contributed by atoms with Crippen molar-refractivity contribution >= 4 is 33.3 Å². The molecular weight excluding hydrogens is 348 g/mol. The van der Waals surface area contributed by atoms with E-state index < -0.39 is 6.10 Å². The van der Waals surface area contributed by atoms with Crippen molar-refractivity contribution in [2.75, 3.05) is 26.2 Å². The lowest BCUT2D eigenvalue weighted by Crippen LogP contribution is -2.39. The summed E-state index contributed by atoms with van der Waals surface area (Å²) in [4.78, 5) is 17.0. The van der Waals surface area contributed by atoms with Crippen LogP contribution in [0, 0.1) is 0 Å². The molecule has 2 aromatic rings. The van der Waals surface area contributed by atoms with Crippen LogP contribution in [-0.4, -0.2) is 43.2 Å². The fraction of sp³-hybridized carbons (Fsp3) is 0.474. The number of rotatable bonds is 9. The summed E-state index contributed by atoms with van der Waals surface area (Å²) in [5, 5.41) is 20.7. The number of aliphatic hydroxyl groups is 1. The lowest BCUT2D eigenvalue weighted by Gasteiger charge is -2.12. The van der Waals surface area contributed by atoms with E-state index in [2.05, 4.69) is 27.0 Å². The number of carbonyl (C=O) groups excluding carboxylic acids is 1. The van der Waals surface area contributed by atoms with Gasteiger partial charge in [-0.05, 0) is 30.9 Å². The smallest absolute Gasteiger partial charge is 0.221 e. The van der Waals surface area contributed by atoms with Crippen molar-refractivity contribution in [3.63, 3.8) is 0 Å². The number of aliphatic imine (C=N–C) groups is 1. The van der Waals surface area contributed by atoms with Crippen LogP contribution in [0.1, 0.15) is 37.7 Å². The summed E-state index contributed by atoms with van der Waals surface area (Å²) >= 11 is 1.59. The minimum Gasteiger partial charge on any atom is -0.386 e. The fourth-order valence-corrected chi connectivity index (χ4v) is 3.47. The van der Waals surface area contributed by atoms with E-state index in [1.165, 1.54) is 0 Å². The third-order valence-electron chi connectivity index (χ3n) is 3.76. The maximum absolute atomic E-state index is 11.6. The first kappa shape index (κ1) is 20.2. The molecule has 0 bridgehead atoms. The van der Waals surface area contributed by atoms with Crippen LogP contribution in [0.3, 0.4) is 0 Å². The van der Waals surface area contributed by atoms with Crippen molar-refractivity contribution in [3.8, 4) is 0 Å². The van der Waals surface area contributed by atoms with Crippen molar-refractivity contribution in [2.45, 2.75) is 32.8 Å². The molecule has 4 N–H and O–H groups in total. The molecule has 26 heavy (non-hydrogen) atoms. The van der Waals surface area contributed by atoms with Crippen LogP contribution in [0.2, 0.25) is 0 Å². The van der Waals surface area contributed by atoms with Crippen LogP contribution in [0.5, 0.6) is 0 Å². The zero-order valence-corrected chi connectivity index (χ0v) is 16.2. The number of nitrogens with one attached hydrogen (secondary N) is 3. The highest BCUT2D eigenvalue weighted by atomic mass is 32.1. The number of nitrogens with zero attached hydrogens (tertiary/aromatic N) is 1. The first-order chi connectivity index (χ1) is 12.6. The van der Waals surface area contributed by atoms with Crippen molar-refractivity contribution in [1.82, 2.24) is 16.0 Å². The number of guanidine groups is 1. The van der Waals surface area contributed by atoms with Crippen molar-refractivity contribution in [2.24, 2.45) is 4.99 Å². The monoisotopic (exact) mass is 376 g/mol. The summed E-state index contributed by atoms with van der Waals surface area (Å²) in [7, 11) is 0.